The lowest BCUT2D eigenvalue weighted by molar-refractivity contribution is -0.152. The number of rotatable bonds is 6. The van der Waals surface area contributed by atoms with Gasteiger partial charge < -0.3 is 19.2 Å². The molecule has 1 atom stereocenters. The van der Waals surface area contributed by atoms with Crippen LogP contribution in [0.4, 0.5) is 5.69 Å². The molecule has 0 unspecified atom stereocenters. The highest BCUT2D eigenvalue weighted by Gasteiger charge is 2.19. The molecule has 0 aliphatic heterocycles. The zero-order valence-corrected chi connectivity index (χ0v) is 14.5. The van der Waals surface area contributed by atoms with Gasteiger partial charge in [-0.2, -0.15) is 0 Å². The van der Waals surface area contributed by atoms with Crippen molar-refractivity contribution in [2.75, 3.05) is 12.4 Å². The number of fused-ring (bicyclic) bond motifs is 1. The van der Waals surface area contributed by atoms with Crippen LogP contribution < -0.4 is 10.1 Å². The van der Waals surface area contributed by atoms with Crippen LogP contribution in [0.3, 0.4) is 0 Å². The van der Waals surface area contributed by atoms with Gasteiger partial charge in [-0.1, -0.05) is 18.2 Å². The van der Waals surface area contributed by atoms with Gasteiger partial charge in [0.15, 0.2) is 6.10 Å². The van der Waals surface area contributed by atoms with Gasteiger partial charge >= 0.3 is 5.97 Å². The summed E-state index contributed by atoms with van der Waals surface area (Å²) in [4.78, 5) is 24.3. The molecule has 0 aliphatic carbocycles. The van der Waals surface area contributed by atoms with E-state index in [1.807, 2.05) is 24.3 Å². The molecule has 1 amide bonds. The number of nitrogens with one attached hydrogen (secondary N) is 1. The topological polar surface area (TPSA) is 77.8 Å². The second kappa shape index (κ2) is 7.74. The Bertz CT molecular complexity index is 916. The van der Waals surface area contributed by atoms with Crippen LogP contribution in [0.1, 0.15) is 12.5 Å². The summed E-state index contributed by atoms with van der Waals surface area (Å²) in [6.45, 7) is 1.54. The summed E-state index contributed by atoms with van der Waals surface area (Å²) in [5, 5.41) is 3.51. The minimum Gasteiger partial charge on any atom is -0.497 e. The molecule has 0 saturated carbocycles. The Kier molecular flexibility index (Phi) is 5.22. The van der Waals surface area contributed by atoms with E-state index in [-0.39, 0.29) is 12.3 Å². The van der Waals surface area contributed by atoms with Gasteiger partial charge in [0, 0.05) is 22.7 Å². The number of ether oxygens (including phenoxy) is 2. The Labute approximate surface area is 150 Å². The summed E-state index contributed by atoms with van der Waals surface area (Å²) in [5.74, 6) is -0.210. The maximum atomic E-state index is 12.2. The van der Waals surface area contributed by atoms with Crippen LogP contribution in [0.15, 0.2) is 59.2 Å². The first-order chi connectivity index (χ1) is 12.6. The van der Waals surface area contributed by atoms with Crippen LogP contribution in [0, 0.1) is 0 Å². The maximum Gasteiger partial charge on any atom is 0.311 e. The smallest absolute Gasteiger partial charge is 0.311 e. The molecule has 0 bridgehead atoms. The summed E-state index contributed by atoms with van der Waals surface area (Å²) in [6, 6.07) is 14.4. The number of furan rings is 1. The lowest BCUT2D eigenvalue weighted by atomic mass is 10.1. The van der Waals surface area contributed by atoms with Crippen molar-refractivity contribution in [2.45, 2.75) is 19.4 Å². The SMILES string of the molecule is COc1ccc2c(CC(=O)O[C@H](C)C(=O)Nc3ccccc3)coc2c1. The van der Waals surface area contributed by atoms with Crippen LogP contribution in [-0.4, -0.2) is 25.1 Å². The Hall–Kier alpha value is -3.28. The molecule has 1 heterocycles. The molecule has 0 spiro atoms. The molecule has 1 aromatic heterocycles. The average Bonchev–Trinajstić information content (AvgIpc) is 3.04. The number of carbonyl (C=O) groups is 2. The minimum atomic E-state index is -0.902. The molecule has 3 rings (SSSR count). The second-order valence-corrected chi connectivity index (χ2v) is 5.79. The van der Waals surface area contributed by atoms with E-state index < -0.39 is 12.1 Å². The van der Waals surface area contributed by atoms with Gasteiger partial charge in [0.2, 0.25) is 0 Å². The van der Waals surface area contributed by atoms with Crippen LogP contribution in [-0.2, 0) is 20.7 Å². The predicted octanol–water partition coefficient (Wildman–Crippen LogP) is 3.55. The van der Waals surface area contributed by atoms with Crippen molar-refractivity contribution in [2.24, 2.45) is 0 Å². The third kappa shape index (κ3) is 4.03. The van der Waals surface area contributed by atoms with Gasteiger partial charge in [-0.05, 0) is 31.2 Å². The van der Waals surface area contributed by atoms with Gasteiger partial charge in [-0.25, -0.2) is 0 Å². The van der Waals surface area contributed by atoms with E-state index >= 15 is 0 Å². The third-order valence-electron chi connectivity index (χ3n) is 3.92. The summed E-state index contributed by atoms with van der Waals surface area (Å²) in [5.41, 5.74) is 1.97. The largest absolute Gasteiger partial charge is 0.497 e. The second-order valence-electron chi connectivity index (χ2n) is 5.79. The fraction of sp³-hybridized carbons (Fsp3) is 0.200. The molecular weight excluding hydrogens is 334 g/mol. The fourth-order valence-electron chi connectivity index (χ4n) is 2.54. The first-order valence-corrected chi connectivity index (χ1v) is 8.16. The van der Waals surface area contributed by atoms with Crippen LogP contribution in [0.5, 0.6) is 5.75 Å². The highest BCUT2D eigenvalue weighted by molar-refractivity contribution is 5.95. The van der Waals surface area contributed by atoms with Crippen LogP contribution in [0.2, 0.25) is 0 Å². The van der Waals surface area contributed by atoms with Crippen molar-refractivity contribution in [1.82, 2.24) is 0 Å². The number of methoxy groups -OCH3 is 1. The summed E-state index contributed by atoms with van der Waals surface area (Å²) < 4.78 is 15.8. The summed E-state index contributed by atoms with van der Waals surface area (Å²) in [6.07, 6.45) is 0.628. The molecular formula is C20H19NO5. The van der Waals surface area contributed by atoms with Gasteiger partial charge in [-0.3, -0.25) is 9.59 Å². The van der Waals surface area contributed by atoms with E-state index in [2.05, 4.69) is 5.32 Å². The zero-order valence-electron chi connectivity index (χ0n) is 14.5. The van der Waals surface area contributed by atoms with Crippen molar-refractivity contribution < 1.29 is 23.5 Å². The number of hydrogen-bond donors (Lipinski definition) is 1. The van der Waals surface area contributed by atoms with Gasteiger partial charge in [0.05, 0.1) is 19.8 Å². The number of para-hydroxylation sites is 1. The Morgan fingerprint density at radius 1 is 1.15 bits per heavy atom. The Balaban J connectivity index is 1.60. The van der Waals surface area contributed by atoms with Gasteiger partial charge in [-0.15, -0.1) is 0 Å². The average molecular weight is 353 g/mol. The van der Waals surface area contributed by atoms with E-state index in [1.54, 1.807) is 31.4 Å². The zero-order chi connectivity index (χ0) is 18.5. The standard InChI is InChI=1S/C20H19NO5/c1-13(20(23)21-15-6-4-3-5-7-15)26-19(22)10-14-12-25-18-11-16(24-2)8-9-17(14)18/h3-9,11-13H,10H2,1-2H3,(H,21,23)/t13-/m1/s1. The lowest BCUT2D eigenvalue weighted by Crippen LogP contribution is -2.30. The van der Waals surface area contributed by atoms with Crippen molar-refractivity contribution >= 4 is 28.5 Å². The van der Waals surface area contributed by atoms with E-state index in [1.165, 1.54) is 13.2 Å². The number of esters is 1. The lowest BCUT2D eigenvalue weighted by Gasteiger charge is -2.13. The van der Waals surface area contributed by atoms with Gasteiger partial charge in [0.25, 0.3) is 5.91 Å². The number of hydrogen-bond acceptors (Lipinski definition) is 5. The minimum absolute atomic E-state index is 0.0162. The number of carbonyl (C=O) groups excluding carboxylic acids is 2. The van der Waals surface area contributed by atoms with Crippen molar-refractivity contribution in [3.8, 4) is 5.75 Å². The highest BCUT2D eigenvalue weighted by Crippen LogP contribution is 2.26. The van der Waals surface area contributed by atoms with Crippen LogP contribution in [0.25, 0.3) is 11.0 Å². The molecule has 6 heteroatoms. The van der Waals surface area contributed by atoms with Crippen molar-refractivity contribution in [3.05, 3.63) is 60.4 Å². The first-order valence-electron chi connectivity index (χ1n) is 8.16. The molecule has 1 N–H and O–H groups in total. The van der Waals surface area contributed by atoms with Crippen molar-refractivity contribution in [3.63, 3.8) is 0 Å². The summed E-state index contributed by atoms with van der Waals surface area (Å²) in [7, 11) is 1.57. The van der Waals surface area contributed by atoms with E-state index in [9.17, 15) is 9.59 Å². The molecule has 134 valence electrons. The molecule has 0 aliphatic rings. The molecule has 0 saturated heterocycles. The van der Waals surface area contributed by atoms with Crippen LogP contribution >= 0.6 is 0 Å². The Morgan fingerprint density at radius 2 is 1.92 bits per heavy atom. The normalized spacial score (nSPS) is 11.8. The molecule has 0 radical (unpaired) electrons. The quantitative estimate of drug-likeness (QED) is 0.686. The third-order valence-corrected chi connectivity index (χ3v) is 3.92. The number of benzene rings is 2. The highest BCUT2D eigenvalue weighted by atomic mass is 16.5. The van der Waals surface area contributed by atoms with E-state index in [4.69, 9.17) is 13.9 Å². The number of amides is 1. The predicted molar refractivity (Wildman–Crippen MR) is 97.1 cm³/mol. The maximum absolute atomic E-state index is 12.2. The molecule has 3 aromatic rings. The van der Waals surface area contributed by atoms with Crippen molar-refractivity contribution in [1.29, 1.82) is 0 Å². The van der Waals surface area contributed by atoms with E-state index in [0.29, 0.717) is 22.6 Å². The molecule has 2 aromatic carbocycles. The monoisotopic (exact) mass is 353 g/mol. The van der Waals surface area contributed by atoms with Gasteiger partial charge in [0.1, 0.15) is 11.3 Å². The van der Waals surface area contributed by atoms with E-state index in [0.717, 1.165) is 5.39 Å². The molecule has 26 heavy (non-hydrogen) atoms. The Morgan fingerprint density at radius 3 is 2.65 bits per heavy atom. The number of anilines is 1. The molecule has 6 nitrogen and oxygen atoms in total. The fourth-order valence-corrected chi connectivity index (χ4v) is 2.54. The first kappa shape index (κ1) is 17.5. The summed E-state index contributed by atoms with van der Waals surface area (Å²) >= 11 is 0. The molecule has 0 fully saturated rings.